The van der Waals surface area contributed by atoms with Gasteiger partial charge in [-0.2, -0.15) is 0 Å². The van der Waals surface area contributed by atoms with Crippen molar-refractivity contribution in [3.63, 3.8) is 0 Å². The fourth-order valence-corrected chi connectivity index (χ4v) is 3.41. The minimum absolute atomic E-state index is 0.0303. The van der Waals surface area contributed by atoms with Gasteiger partial charge in [0, 0.05) is 18.7 Å². The predicted molar refractivity (Wildman–Crippen MR) is 85.0 cm³/mol. The zero-order valence-corrected chi connectivity index (χ0v) is 12.5. The third-order valence-electron chi connectivity index (χ3n) is 4.66. The number of rotatable bonds is 2. The lowest BCUT2D eigenvalue weighted by molar-refractivity contribution is 0.279. The summed E-state index contributed by atoms with van der Waals surface area (Å²) < 4.78 is 5.86. The van der Waals surface area contributed by atoms with Crippen molar-refractivity contribution < 1.29 is 9.94 Å². The van der Waals surface area contributed by atoms with Gasteiger partial charge in [-0.3, -0.25) is 0 Å². The minimum atomic E-state index is -0.0416. The lowest BCUT2D eigenvalue weighted by Gasteiger charge is -2.23. The van der Waals surface area contributed by atoms with E-state index in [0.29, 0.717) is 12.3 Å². The van der Waals surface area contributed by atoms with Crippen LogP contribution in [0.25, 0.3) is 0 Å². The molecule has 7 nitrogen and oxygen atoms in total. The summed E-state index contributed by atoms with van der Waals surface area (Å²) >= 11 is 0. The molecule has 23 heavy (non-hydrogen) atoms. The Balaban J connectivity index is 1.58. The van der Waals surface area contributed by atoms with Crippen LogP contribution in [-0.2, 0) is 5.41 Å². The second kappa shape index (κ2) is 5.12. The van der Waals surface area contributed by atoms with Crippen LogP contribution in [0, 0.1) is 0 Å². The number of ether oxygens (including phenoxy) is 1. The maximum absolute atomic E-state index is 8.67. The fourth-order valence-electron chi connectivity index (χ4n) is 3.41. The number of anilines is 1. The van der Waals surface area contributed by atoms with Crippen molar-refractivity contribution in [3.05, 3.63) is 47.7 Å². The third kappa shape index (κ3) is 2.16. The van der Waals surface area contributed by atoms with E-state index in [9.17, 15) is 0 Å². The Labute approximate surface area is 133 Å². The fraction of sp³-hybridized carbons (Fsp3) is 0.312. The second-order valence-electron chi connectivity index (χ2n) is 6.00. The molecule has 1 unspecified atom stereocenters. The predicted octanol–water partition coefficient (Wildman–Crippen LogP) is 1.11. The number of aromatic nitrogens is 2. The average Bonchev–Trinajstić information content (AvgIpc) is 3.20. The van der Waals surface area contributed by atoms with Crippen molar-refractivity contribution in [2.45, 2.75) is 11.8 Å². The van der Waals surface area contributed by atoms with Crippen molar-refractivity contribution in [2.24, 2.45) is 10.9 Å². The normalized spacial score (nSPS) is 23.1. The standard InChI is InChI=1S/C16H17N5O2/c17-15(20-22)12-5-6-14(19-18-12)21-8-7-16(9-21)10-23-13-4-2-1-3-11(13)16/h1-6,22H,7-10H2,(H2,17,20). The number of benzene rings is 1. The van der Waals surface area contributed by atoms with Gasteiger partial charge in [0.05, 0.1) is 12.0 Å². The van der Waals surface area contributed by atoms with E-state index in [1.54, 1.807) is 6.07 Å². The van der Waals surface area contributed by atoms with Crippen molar-refractivity contribution in [2.75, 3.05) is 24.6 Å². The number of hydrogen-bond acceptors (Lipinski definition) is 6. The van der Waals surface area contributed by atoms with Gasteiger partial charge in [-0.1, -0.05) is 23.4 Å². The molecule has 1 spiro atoms. The summed E-state index contributed by atoms with van der Waals surface area (Å²) in [5, 5.41) is 19.8. The minimum Gasteiger partial charge on any atom is -0.492 e. The van der Waals surface area contributed by atoms with E-state index < -0.39 is 0 Å². The van der Waals surface area contributed by atoms with Crippen LogP contribution in [0.4, 0.5) is 5.82 Å². The second-order valence-corrected chi connectivity index (χ2v) is 6.00. The quantitative estimate of drug-likeness (QED) is 0.373. The highest BCUT2D eigenvalue weighted by atomic mass is 16.5. The number of para-hydroxylation sites is 1. The molecule has 3 heterocycles. The van der Waals surface area contributed by atoms with Crippen LogP contribution in [-0.4, -0.2) is 40.9 Å². The molecule has 0 radical (unpaired) electrons. The summed E-state index contributed by atoms with van der Waals surface area (Å²) in [7, 11) is 0. The van der Waals surface area contributed by atoms with E-state index in [2.05, 4.69) is 32.4 Å². The monoisotopic (exact) mass is 311 g/mol. The maximum Gasteiger partial charge on any atom is 0.190 e. The SMILES string of the molecule is N/C(=N\O)c1ccc(N2CCC3(COc4ccccc43)C2)nn1. The Bertz CT molecular complexity index is 761. The Kier molecular flexibility index (Phi) is 3.07. The molecule has 0 amide bonds. The number of amidine groups is 1. The van der Waals surface area contributed by atoms with Gasteiger partial charge in [0.1, 0.15) is 11.4 Å². The van der Waals surface area contributed by atoms with Gasteiger partial charge in [-0.05, 0) is 24.6 Å². The molecular formula is C16H17N5O2. The lowest BCUT2D eigenvalue weighted by atomic mass is 9.82. The first-order chi connectivity index (χ1) is 11.2. The van der Waals surface area contributed by atoms with Crippen LogP contribution in [0.3, 0.4) is 0 Å². The van der Waals surface area contributed by atoms with Crippen LogP contribution in [0.15, 0.2) is 41.6 Å². The summed E-state index contributed by atoms with van der Waals surface area (Å²) in [4.78, 5) is 2.20. The zero-order valence-electron chi connectivity index (χ0n) is 12.5. The molecule has 2 aliphatic rings. The summed E-state index contributed by atoms with van der Waals surface area (Å²) in [6.45, 7) is 2.45. The third-order valence-corrected chi connectivity index (χ3v) is 4.66. The summed E-state index contributed by atoms with van der Waals surface area (Å²) in [5.41, 5.74) is 7.19. The highest BCUT2D eigenvalue weighted by Gasteiger charge is 2.46. The molecule has 0 saturated carbocycles. The first-order valence-electron chi connectivity index (χ1n) is 7.51. The van der Waals surface area contributed by atoms with Gasteiger partial charge in [0.15, 0.2) is 11.7 Å². The van der Waals surface area contributed by atoms with E-state index in [1.807, 2.05) is 18.2 Å². The molecule has 4 rings (SSSR count). The first kappa shape index (κ1) is 13.8. The molecule has 2 aromatic rings. The van der Waals surface area contributed by atoms with Gasteiger partial charge in [0.25, 0.3) is 0 Å². The van der Waals surface area contributed by atoms with Crippen LogP contribution in [0.1, 0.15) is 17.7 Å². The van der Waals surface area contributed by atoms with Crippen molar-refractivity contribution in [1.29, 1.82) is 0 Å². The van der Waals surface area contributed by atoms with Crippen molar-refractivity contribution in [3.8, 4) is 5.75 Å². The van der Waals surface area contributed by atoms with Gasteiger partial charge in [-0.15, -0.1) is 10.2 Å². The average molecular weight is 311 g/mol. The summed E-state index contributed by atoms with van der Waals surface area (Å²) in [6.07, 6.45) is 1.02. The van der Waals surface area contributed by atoms with E-state index in [0.717, 1.165) is 31.1 Å². The van der Waals surface area contributed by atoms with Crippen LogP contribution < -0.4 is 15.4 Å². The molecule has 1 atom stereocenters. The number of nitrogens with zero attached hydrogens (tertiary/aromatic N) is 4. The lowest BCUT2D eigenvalue weighted by Crippen LogP contribution is -2.33. The van der Waals surface area contributed by atoms with Gasteiger partial charge < -0.3 is 20.6 Å². The molecule has 2 aliphatic heterocycles. The van der Waals surface area contributed by atoms with Crippen molar-refractivity contribution >= 4 is 11.7 Å². The molecular weight excluding hydrogens is 294 g/mol. The molecule has 7 heteroatoms. The molecule has 3 N–H and O–H groups in total. The Morgan fingerprint density at radius 1 is 1.26 bits per heavy atom. The van der Waals surface area contributed by atoms with E-state index in [-0.39, 0.29) is 11.3 Å². The molecule has 118 valence electrons. The molecule has 0 aliphatic carbocycles. The summed E-state index contributed by atoms with van der Waals surface area (Å²) in [6, 6.07) is 11.8. The highest BCUT2D eigenvalue weighted by Crippen LogP contribution is 2.45. The van der Waals surface area contributed by atoms with Crippen LogP contribution >= 0.6 is 0 Å². The number of nitrogens with two attached hydrogens (primary N) is 1. The number of hydrogen-bond donors (Lipinski definition) is 2. The highest BCUT2D eigenvalue weighted by molar-refractivity contribution is 5.95. The summed E-state index contributed by atoms with van der Waals surface area (Å²) in [5.74, 6) is 1.74. The molecule has 0 bridgehead atoms. The Hall–Kier alpha value is -2.83. The van der Waals surface area contributed by atoms with Gasteiger partial charge >= 0.3 is 0 Å². The van der Waals surface area contributed by atoms with Crippen LogP contribution in [0.5, 0.6) is 5.75 Å². The molecule has 1 saturated heterocycles. The van der Waals surface area contributed by atoms with Gasteiger partial charge in [0.2, 0.25) is 0 Å². The zero-order chi connectivity index (χ0) is 15.9. The molecule has 1 aromatic carbocycles. The van der Waals surface area contributed by atoms with Crippen LogP contribution in [0.2, 0.25) is 0 Å². The molecule has 1 aromatic heterocycles. The number of fused-ring (bicyclic) bond motifs is 2. The molecule has 1 fully saturated rings. The van der Waals surface area contributed by atoms with Crippen molar-refractivity contribution in [1.82, 2.24) is 10.2 Å². The van der Waals surface area contributed by atoms with E-state index in [1.165, 1.54) is 5.56 Å². The smallest absolute Gasteiger partial charge is 0.190 e. The Morgan fingerprint density at radius 3 is 2.91 bits per heavy atom. The largest absolute Gasteiger partial charge is 0.492 e. The van der Waals surface area contributed by atoms with Gasteiger partial charge in [-0.25, -0.2) is 0 Å². The van der Waals surface area contributed by atoms with E-state index >= 15 is 0 Å². The van der Waals surface area contributed by atoms with E-state index in [4.69, 9.17) is 15.7 Å². The number of oxime groups is 1. The maximum atomic E-state index is 8.67. The Morgan fingerprint density at radius 2 is 2.13 bits per heavy atom. The first-order valence-corrected chi connectivity index (χ1v) is 7.51. The topological polar surface area (TPSA) is 96.9 Å².